The summed E-state index contributed by atoms with van der Waals surface area (Å²) in [7, 11) is 0. The highest BCUT2D eigenvalue weighted by Gasteiger charge is 1.97. The highest BCUT2D eigenvalue weighted by Crippen LogP contribution is 2.13. The molecule has 3 heteroatoms. The predicted molar refractivity (Wildman–Crippen MR) is 42.6 cm³/mol. The van der Waals surface area contributed by atoms with Crippen LogP contribution in [-0.4, -0.2) is 10.1 Å². The van der Waals surface area contributed by atoms with Crippen molar-refractivity contribution < 1.29 is 5.11 Å². The third-order valence-electron chi connectivity index (χ3n) is 1.22. The second-order valence-electron chi connectivity index (χ2n) is 2.12. The molecule has 0 amide bonds. The highest BCUT2D eigenvalue weighted by atomic mass is 79.9. The lowest BCUT2D eigenvalue weighted by Gasteiger charge is -1.99. The lowest BCUT2D eigenvalue weighted by Crippen LogP contribution is -1.89. The molecule has 1 aromatic rings. The third-order valence-corrected chi connectivity index (χ3v) is 1.93. The molecule has 1 heterocycles. The van der Waals surface area contributed by atoms with Crippen molar-refractivity contribution in [3.05, 3.63) is 28.0 Å². The van der Waals surface area contributed by atoms with E-state index in [4.69, 9.17) is 5.11 Å². The first-order valence-electron chi connectivity index (χ1n) is 2.96. The van der Waals surface area contributed by atoms with Crippen LogP contribution in [-0.2, 0) is 6.61 Å². The first-order chi connectivity index (χ1) is 4.74. The average Bonchev–Trinajstić information content (AvgIpc) is 1.94. The van der Waals surface area contributed by atoms with Crippen LogP contribution in [0.2, 0.25) is 0 Å². The van der Waals surface area contributed by atoms with Crippen molar-refractivity contribution >= 4 is 15.9 Å². The first-order valence-corrected chi connectivity index (χ1v) is 3.75. The third kappa shape index (κ3) is 1.55. The van der Waals surface area contributed by atoms with E-state index >= 15 is 0 Å². The Bertz CT molecular complexity index is 237. The molecular weight excluding hydrogens is 194 g/mol. The molecule has 0 aliphatic rings. The molecule has 0 saturated carbocycles. The van der Waals surface area contributed by atoms with Crippen molar-refractivity contribution in [3.8, 4) is 0 Å². The number of hydrogen-bond acceptors (Lipinski definition) is 2. The fourth-order valence-electron chi connectivity index (χ4n) is 0.724. The van der Waals surface area contributed by atoms with Gasteiger partial charge in [0.15, 0.2) is 0 Å². The molecule has 0 spiro atoms. The lowest BCUT2D eigenvalue weighted by molar-refractivity contribution is 0.280. The van der Waals surface area contributed by atoms with E-state index in [1.165, 1.54) is 0 Å². The molecular formula is C7H8BrNO. The highest BCUT2D eigenvalue weighted by molar-refractivity contribution is 9.10. The Balaban J connectivity index is 3.09. The van der Waals surface area contributed by atoms with Crippen molar-refractivity contribution in [1.82, 2.24) is 4.98 Å². The Morgan fingerprint density at radius 2 is 2.40 bits per heavy atom. The average molecular weight is 202 g/mol. The zero-order chi connectivity index (χ0) is 7.56. The number of halogens is 1. The maximum absolute atomic E-state index is 8.77. The molecule has 0 atom stereocenters. The minimum Gasteiger partial charge on any atom is -0.392 e. The smallest absolute Gasteiger partial charge is 0.111 e. The van der Waals surface area contributed by atoms with Gasteiger partial charge in [-0.1, -0.05) is 0 Å². The van der Waals surface area contributed by atoms with E-state index in [-0.39, 0.29) is 6.61 Å². The van der Waals surface area contributed by atoms with Gasteiger partial charge in [0.25, 0.3) is 0 Å². The van der Waals surface area contributed by atoms with Crippen LogP contribution in [0.4, 0.5) is 0 Å². The molecule has 54 valence electrons. The summed E-state index contributed by atoms with van der Waals surface area (Å²) in [6.45, 7) is 1.98. The normalized spacial score (nSPS) is 9.90. The van der Waals surface area contributed by atoms with Crippen molar-refractivity contribution in [2.45, 2.75) is 13.5 Å². The fourth-order valence-corrected chi connectivity index (χ4v) is 1.07. The largest absolute Gasteiger partial charge is 0.392 e. The molecule has 0 radical (unpaired) electrons. The number of hydrogen-bond donors (Lipinski definition) is 1. The topological polar surface area (TPSA) is 33.1 Å². The van der Waals surface area contributed by atoms with Gasteiger partial charge in [-0.2, -0.15) is 0 Å². The maximum Gasteiger partial charge on any atom is 0.111 e. The number of pyridine rings is 1. The van der Waals surface area contributed by atoms with Crippen LogP contribution >= 0.6 is 15.9 Å². The van der Waals surface area contributed by atoms with Crippen molar-refractivity contribution in [1.29, 1.82) is 0 Å². The molecule has 10 heavy (non-hydrogen) atoms. The van der Waals surface area contributed by atoms with Gasteiger partial charge in [0, 0.05) is 11.8 Å². The van der Waals surface area contributed by atoms with Gasteiger partial charge < -0.3 is 5.11 Å². The maximum atomic E-state index is 8.77. The van der Waals surface area contributed by atoms with Crippen LogP contribution in [0.5, 0.6) is 0 Å². The number of nitrogens with zero attached hydrogens (tertiary/aromatic N) is 1. The van der Waals surface area contributed by atoms with E-state index in [0.717, 1.165) is 15.7 Å². The molecule has 0 saturated heterocycles. The Hall–Kier alpha value is -0.410. The zero-order valence-electron chi connectivity index (χ0n) is 5.63. The summed E-state index contributed by atoms with van der Waals surface area (Å²) in [5.41, 5.74) is 1.90. The van der Waals surface area contributed by atoms with Crippen molar-refractivity contribution in [2.75, 3.05) is 0 Å². The van der Waals surface area contributed by atoms with Crippen LogP contribution in [0.25, 0.3) is 0 Å². The van der Waals surface area contributed by atoms with E-state index in [1.807, 2.05) is 13.0 Å². The number of rotatable bonds is 1. The summed E-state index contributed by atoms with van der Waals surface area (Å²) >= 11 is 3.22. The minimum absolute atomic E-state index is 0.0370. The van der Waals surface area contributed by atoms with E-state index in [2.05, 4.69) is 20.9 Å². The molecule has 2 nitrogen and oxygen atoms in total. The van der Waals surface area contributed by atoms with E-state index in [0.29, 0.717) is 0 Å². The van der Waals surface area contributed by atoms with Gasteiger partial charge in [0.1, 0.15) is 4.60 Å². The van der Waals surface area contributed by atoms with Gasteiger partial charge in [-0.3, -0.25) is 0 Å². The molecule has 1 N–H and O–H groups in total. The summed E-state index contributed by atoms with van der Waals surface area (Å²) in [6.07, 6.45) is 1.75. The SMILES string of the molecule is Cc1cnc(Br)c(CO)c1. The molecule has 0 aliphatic carbocycles. The Morgan fingerprint density at radius 3 is 2.90 bits per heavy atom. The lowest BCUT2D eigenvalue weighted by atomic mass is 10.2. The molecule has 0 aromatic carbocycles. The Labute approximate surface area is 68.0 Å². The van der Waals surface area contributed by atoms with Gasteiger partial charge in [-0.05, 0) is 34.5 Å². The molecule has 1 aromatic heterocycles. The monoisotopic (exact) mass is 201 g/mol. The number of aryl methyl sites for hydroxylation is 1. The summed E-state index contributed by atoms with van der Waals surface area (Å²) in [5, 5.41) is 8.77. The minimum atomic E-state index is 0.0370. The fraction of sp³-hybridized carbons (Fsp3) is 0.286. The Morgan fingerprint density at radius 1 is 1.70 bits per heavy atom. The Kier molecular flexibility index (Phi) is 2.40. The first kappa shape index (κ1) is 7.69. The van der Waals surface area contributed by atoms with Gasteiger partial charge in [0.05, 0.1) is 6.61 Å². The van der Waals surface area contributed by atoms with Crippen LogP contribution in [0.15, 0.2) is 16.9 Å². The molecule has 0 fully saturated rings. The van der Waals surface area contributed by atoms with Crippen LogP contribution in [0, 0.1) is 6.92 Å². The quantitative estimate of drug-likeness (QED) is 0.702. The van der Waals surface area contributed by atoms with Gasteiger partial charge in [0.2, 0.25) is 0 Å². The van der Waals surface area contributed by atoms with Crippen LogP contribution in [0.1, 0.15) is 11.1 Å². The summed E-state index contributed by atoms with van der Waals surface area (Å²) in [6, 6.07) is 1.90. The van der Waals surface area contributed by atoms with E-state index in [9.17, 15) is 0 Å². The standard InChI is InChI=1S/C7H8BrNO/c1-5-2-6(4-10)7(8)9-3-5/h2-3,10H,4H2,1H3. The van der Waals surface area contributed by atoms with Gasteiger partial charge in [-0.25, -0.2) is 4.98 Å². The summed E-state index contributed by atoms with van der Waals surface area (Å²) < 4.78 is 0.723. The van der Waals surface area contributed by atoms with Gasteiger partial charge >= 0.3 is 0 Å². The molecule has 1 rings (SSSR count). The molecule has 0 bridgehead atoms. The molecule has 0 aliphatic heterocycles. The summed E-state index contributed by atoms with van der Waals surface area (Å²) in [4.78, 5) is 4.01. The van der Waals surface area contributed by atoms with Crippen molar-refractivity contribution in [2.24, 2.45) is 0 Å². The van der Waals surface area contributed by atoms with Crippen molar-refractivity contribution in [3.63, 3.8) is 0 Å². The second kappa shape index (κ2) is 3.12. The van der Waals surface area contributed by atoms with Crippen LogP contribution in [0.3, 0.4) is 0 Å². The van der Waals surface area contributed by atoms with E-state index < -0.39 is 0 Å². The number of aromatic nitrogens is 1. The molecule has 0 unspecified atom stereocenters. The van der Waals surface area contributed by atoms with Gasteiger partial charge in [-0.15, -0.1) is 0 Å². The zero-order valence-corrected chi connectivity index (χ0v) is 7.22. The van der Waals surface area contributed by atoms with Crippen LogP contribution < -0.4 is 0 Å². The van der Waals surface area contributed by atoms with E-state index in [1.54, 1.807) is 6.20 Å². The predicted octanol–water partition coefficient (Wildman–Crippen LogP) is 1.64. The summed E-state index contributed by atoms with van der Waals surface area (Å²) in [5.74, 6) is 0. The number of aliphatic hydroxyl groups excluding tert-OH is 1. The number of aliphatic hydroxyl groups is 1. The second-order valence-corrected chi connectivity index (χ2v) is 2.87.